The number of hydrogen-bond donors (Lipinski definition) is 1. The van der Waals surface area contributed by atoms with Crippen LogP contribution in [0.1, 0.15) is 74.6 Å². The molecule has 27 heavy (non-hydrogen) atoms. The van der Waals surface area contributed by atoms with Crippen LogP contribution in [0.25, 0.3) is 0 Å². The van der Waals surface area contributed by atoms with Crippen LogP contribution in [0.2, 0.25) is 0 Å². The van der Waals surface area contributed by atoms with Crippen LogP contribution in [-0.4, -0.2) is 42.5 Å². The third-order valence-corrected chi connectivity index (χ3v) is 6.02. The Hall–Kier alpha value is -1.88. The van der Waals surface area contributed by atoms with Crippen LogP contribution in [0, 0.1) is 0 Å². The molecule has 1 aromatic rings. The number of para-hydroxylation sites is 1. The Kier molecular flexibility index (Phi) is 7.27. The van der Waals surface area contributed by atoms with Crippen molar-refractivity contribution < 1.29 is 14.3 Å². The van der Waals surface area contributed by atoms with Crippen LogP contribution < -0.4 is 5.32 Å². The molecule has 0 spiro atoms. The Morgan fingerprint density at radius 3 is 2.07 bits per heavy atom. The van der Waals surface area contributed by atoms with Crippen molar-refractivity contribution in [2.75, 3.05) is 19.0 Å². The lowest BCUT2D eigenvalue weighted by Crippen LogP contribution is -2.48. The molecule has 1 N–H and O–H groups in total. The van der Waals surface area contributed by atoms with E-state index in [1.807, 2.05) is 6.07 Å². The van der Waals surface area contributed by atoms with E-state index in [0.29, 0.717) is 29.9 Å². The normalized spacial score (nSPS) is 19.0. The molecule has 1 amide bonds. The number of ether oxygens (including phenoxy) is 1. The van der Waals surface area contributed by atoms with Crippen molar-refractivity contribution in [3.8, 4) is 0 Å². The van der Waals surface area contributed by atoms with Gasteiger partial charge < -0.3 is 10.1 Å². The summed E-state index contributed by atoms with van der Waals surface area (Å²) >= 11 is 0. The molecule has 2 aliphatic rings. The number of amides is 1. The topological polar surface area (TPSA) is 58.6 Å². The van der Waals surface area contributed by atoms with E-state index in [2.05, 4.69) is 10.2 Å². The summed E-state index contributed by atoms with van der Waals surface area (Å²) in [6, 6.07) is 8.07. The smallest absolute Gasteiger partial charge is 0.339 e. The number of methoxy groups -OCH3 is 1. The van der Waals surface area contributed by atoms with Crippen LogP contribution in [0.5, 0.6) is 0 Å². The fourth-order valence-electron chi connectivity index (χ4n) is 4.62. The molecule has 0 aliphatic heterocycles. The molecule has 0 bridgehead atoms. The lowest BCUT2D eigenvalue weighted by molar-refractivity contribution is -0.119. The Labute approximate surface area is 162 Å². The number of esters is 1. The van der Waals surface area contributed by atoms with Crippen molar-refractivity contribution in [3.05, 3.63) is 29.8 Å². The number of nitrogens with one attached hydrogen (secondary N) is 1. The predicted molar refractivity (Wildman–Crippen MR) is 107 cm³/mol. The van der Waals surface area contributed by atoms with Crippen molar-refractivity contribution in [3.63, 3.8) is 0 Å². The van der Waals surface area contributed by atoms with E-state index >= 15 is 0 Å². The zero-order valence-electron chi connectivity index (χ0n) is 16.4. The molecule has 0 radical (unpaired) electrons. The second-order valence-corrected chi connectivity index (χ2v) is 7.84. The summed E-state index contributed by atoms with van der Waals surface area (Å²) in [6.07, 6.45) is 12.5. The Bertz CT molecular complexity index is 616. The Morgan fingerprint density at radius 1 is 0.963 bits per heavy atom. The Balaban J connectivity index is 1.69. The van der Waals surface area contributed by atoms with E-state index in [9.17, 15) is 9.59 Å². The average Bonchev–Trinajstić information content (AvgIpc) is 2.73. The summed E-state index contributed by atoms with van der Waals surface area (Å²) < 4.78 is 4.83. The number of carbonyl (C=O) groups is 2. The lowest BCUT2D eigenvalue weighted by atomic mass is 9.88. The first-order chi connectivity index (χ1) is 13.2. The van der Waals surface area contributed by atoms with Crippen LogP contribution >= 0.6 is 0 Å². The maximum absolute atomic E-state index is 12.9. The van der Waals surface area contributed by atoms with E-state index in [-0.39, 0.29) is 5.91 Å². The molecular weight excluding hydrogens is 340 g/mol. The average molecular weight is 373 g/mol. The molecule has 0 unspecified atom stereocenters. The minimum absolute atomic E-state index is 0.0394. The highest BCUT2D eigenvalue weighted by atomic mass is 16.5. The van der Waals surface area contributed by atoms with Gasteiger partial charge in [-0.2, -0.15) is 0 Å². The van der Waals surface area contributed by atoms with E-state index in [1.165, 1.54) is 71.3 Å². The number of nitrogens with zero attached hydrogens (tertiary/aromatic N) is 1. The van der Waals surface area contributed by atoms with Crippen molar-refractivity contribution in [2.24, 2.45) is 0 Å². The summed E-state index contributed by atoms with van der Waals surface area (Å²) in [7, 11) is 1.36. The van der Waals surface area contributed by atoms with Gasteiger partial charge in [0.15, 0.2) is 0 Å². The van der Waals surface area contributed by atoms with E-state index in [0.717, 1.165) is 0 Å². The number of rotatable bonds is 6. The molecule has 2 fully saturated rings. The van der Waals surface area contributed by atoms with Crippen LogP contribution in [0.3, 0.4) is 0 Å². The first kappa shape index (κ1) is 19.9. The molecule has 2 saturated carbocycles. The van der Waals surface area contributed by atoms with Gasteiger partial charge in [-0.1, -0.05) is 50.7 Å². The zero-order chi connectivity index (χ0) is 19.1. The van der Waals surface area contributed by atoms with Crippen molar-refractivity contribution in [2.45, 2.75) is 76.3 Å². The lowest BCUT2D eigenvalue weighted by Gasteiger charge is -2.41. The number of benzene rings is 1. The van der Waals surface area contributed by atoms with Gasteiger partial charge in [0.05, 0.1) is 24.9 Å². The molecule has 2 aliphatic carbocycles. The highest BCUT2D eigenvalue weighted by molar-refractivity contribution is 6.01. The molecule has 0 saturated heterocycles. The summed E-state index contributed by atoms with van der Waals surface area (Å²) in [5.74, 6) is -0.468. The number of hydrogen-bond acceptors (Lipinski definition) is 4. The molecule has 0 heterocycles. The van der Waals surface area contributed by atoms with E-state index < -0.39 is 5.97 Å². The summed E-state index contributed by atoms with van der Waals surface area (Å²) in [4.78, 5) is 27.3. The van der Waals surface area contributed by atoms with Gasteiger partial charge in [0.25, 0.3) is 0 Å². The monoisotopic (exact) mass is 372 g/mol. The SMILES string of the molecule is COC(=O)c1ccccc1NC(=O)CN(C1CCCCC1)C1CCCCC1. The highest BCUT2D eigenvalue weighted by Crippen LogP contribution is 2.30. The van der Waals surface area contributed by atoms with Gasteiger partial charge in [-0.05, 0) is 37.8 Å². The maximum Gasteiger partial charge on any atom is 0.339 e. The van der Waals surface area contributed by atoms with Crippen molar-refractivity contribution in [1.29, 1.82) is 0 Å². The van der Waals surface area contributed by atoms with Gasteiger partial charge in [0.1, 0.15) is 0 Å². The van der Waals surface area contributed by atoms with Gasteiger partial charge in [-0.25, -0.2) is 4.79 Å². The van der Waals surface area contributed by atoms with Crippen LogP contribution in [0.4, 0.5) is 5.69 Å². The second-order valence-electron chi connectivity index (χ2n) is 7.84. The largest absolute Gasteiger partial charge is 0.465 e. The summed E-state index contributed by atoms with van der Waals surface area (Å²) in [6.45, 7) is 0.408. The van der Waals surface area contributed by atoms with E-state index in [1.54, 1.807) is 18.2 Å². The van der Waals surface area contributed by atoms with Crippen molar-refractivity contribution >= 4 is 17.6 Å². The summed E-state index contributed by atoms with van der Waals surface area (Å²) in [5, 5.41) is 2.95. The third-order valence-electron chi connectivity index (χ3n) is 6.02. The molecular formula is C22H32N2O3. The molecule has 148 valence electrons. The van der Waals surface area contributed by atoms with E-state index in [4.69, 9.17) is 4.74 Å². The van der Waals surface area contributed by atoms with Crippen LogP contribution in [0.15, 0.2) is 24.3 Å². The second kappa shape index (κ2) is 9.88. The van der Waals surface area contributed by atoms with Gasteiger partial charge >= 0.3 is 5.97 Å². The Morgan fingerprint density at radius 2 is 1.52 bits per heavy atom. The third kappa shape index (κ3) is 5.32. The molecule has 5 heteroatoms. The first-order valence-corrected chi connectivity index (χ1v) is 10.4. The molecule has 0 atom stereocenters. The van der Waals surface area contributed by atoms with Gasteiger partial charge in [0, 0.05) is 12.1 Å². The molecule has 3 rings (SSSR count). The van der Waals surface area contributed by atoms with Gasteiger partial charge in [-0.15, -0.1) is 0 Å². The highest BCUT2D eigenvalue weighted by Gasteiger charge is 2.30. The maximum atomic E-state index is 12.9. The number of anilines is 1. The quantitative estimate of drug-likeness (QED) is 0.753. The minimum Gasteiger partial charge on any atom is -0.465 e. The van der Waals surface area contributed by atoms with Gasteiger partial charge in [-0.3, -0.25) is 9.69 Å². The minimum atomic E-state index is -0.428. The number of carbonyl (C=O) groups excluding carboxylic acids is 2. The summed E-state index contributed by atoms with van der Waals surface area (Å²) in [5.41, 5.74) is 0.928. The first-order valence-electron chi connectivity index (χ1n) is 10.4. The fourth-order valence-corrected chi connectivity index (χ4v) is 4.62. The predicted octanol–water partition coefficient (Wildman–Crippen LogP) is 4.38. The van der Waals surface area contributed by atoms with Crippen molar-refractivity contribution in [1.82, 2.24) is 4.90 Å². The molecule has 5 nitrogen and oxygen atoms in total. The fraction of sp³-hybridized carbons (Fsp3) is 0.636. The molecule has 1 aromatic carbocycles. The standard InChI is InChI=1S/C22H32N2O3/c1-27-22(26)19-14-8-9-15-20(19)23-21(25)16-24(17-10-4-2-5-11-17)18-12-6-3-7-13-18/h8-9,14-15,17-18H,2-7,10-13,16H2,1H3,(H,23,25). The van der Waals surface area contributed by atoms with Crippen LogP contribution in [-0.2, 0) is 9.53 Å². The molecule has 0 aromatic heterocycles. The zero-order valence-corrected chi connectivity index (χ0v) is 16.4. The van der Waals surface area contributed by atoms with Gasteiger partial charge in [0.2, 0.25) is 5.91 Å².